The molecule has 2 bridgehead atoms. The number of hydrogen-bond acceptors (Lipinski definition) is 4. The van der Waals surface area contributed by atoms with Crippen LogP contribution in [0.5, 0.6) is 0 Å². The van der Waals surface area contributed by atoms with E-state index in [0.717, 1.165) is 17.5 Å². The van der Waals surface area contributed by atoms with Gasteiger partial charge in [0.1, 0.15) is 5.01 Å². The van der Waals surface area contributed by atoms with Crippen LogP contribution in [0.2, 0.25) is 0 Å². The predicted octanol–water partition coefficient (Wildman–Crippen LogP) is 3.43. The molecule has 3 saturated heterocycles. The van der Waals surface area contributed by atoms with Crippen molar-refractivity contribution in [3.63, 3.8) is 0 Å². The van der Waals surface area contributed by atoms with Crippen LogP contribution >= 0.6 is 11.3 Å². The minimum atomic E-state index is 0.534. The maximum absolute atomic E-state index is 4.73. The largest absolute Gasteiger partial charge is 0.301 e. The summed E-state index contributed by atoms with van der Waals surface area (Å²) >= 11 is 1.69. The molecule has 0 N–H and O–H groups in total. The molecule has 3 fully saturated rings. The molecular formula is C17H18N4S. The fraction of sp³-hybridized carbons (Fsp3) is 0.412. The summed E-state index contributed by atoms with van der Waals surface area (Å²) in [5.41, 5.74) is 2.46. The van der Waals surface area contributed by atoms with Gasteiger partial charge in [-0.3, -0.25) is 4.68 Å². The number of rotatable bonds is 2. The maximum Gasteiger partial charge on any atom is 0.123 e. The highest BCUT2D eigenvalue weighted by molar-refractivity contribution is 7.13. The van der Waals surface area contributed by atoms with E-state index in [0.29, 0.717) is 6.04 Å². The number of benzene rings is 1. The molecule has 4 nitrogen and oxygen atoms in total. The average Bonchev–Trinajstić information content (AvgIpc) is 3.25. The van der Waals surface area contributed by atoms with E-state index in [-0.39, 0.29) is 0 Å². The molecule has 0 aliphatic carbocycles. The van der Waals surface area contributed by atoms with Gasteiger partial charge in [0.2, 0.25) is 0 Å². The monoisotopic (exact) mass is 310 g/mol. The smallest absolute Gasteiger partial charge is 0.123 e. The van der Waals surface area contributed by atoms with Gasteiger partial charge in [0, 0.05) is 29.1 Å². The van der Waals surface area contributed by atoms with E-state index in [1.165, 1.54) is 42.4 Å². The van der Waals surface area contributed by atoms with Crippen molar-refractivity contribution < 1.29 is 0 Å². The van der Waals surface area contributed by atoms with Crippen molar-refractivity contribution in [2.75, 3.05) is 19.6 Å². The Kier molecular flexibility index (Phi) is 2.85. The first-order valence-corrected chi connectivity index (χ1v) is 8.86. The topological polar surface area (TPSA) is 34.0 Å². The molecular weight excluding hydrogens is 292 g/mol. The van der Waals surface area contributed by atoms with E-state index < -0.39 is 0 Å². The molecule has 22 heavy (non-hydrogen) atoms. The summed E-state index contributed by atoms with van der Waals surface area (Å²) in [6.45, 7) is 3.69. The molecule has 0 saturated carbocycles. The van der Waals surface area contributed by atoms with Crippen molar-refractivity contribution >= 4 is 22.2 Å². The lowest BCUT2D eigenvalue weighted by molar-refractivity contribution is 0.0534. The third kappa shape index (κ3) is 1.92. The summed E-state index contributed by atoms with van der Waals surface area (Å²) in [5, 5.41) is 9.08. The van der Waals surface area contributed by atoms with Gasteiger partial charge in [0.25, 0.3) is 0 Å². The lowest BCUT2D eigenvalue weighted by Crippen LogP contribution is -2.48. The van der Waals surface area contributed by atoms with Gasteiger partial charge in [-0.05, 0) is 37.9 Å². The second kappa shape index (κ2) is 4.89. The van der Waals surface area contributed by atoms with Gasteiger partial charge in [-0.2, -0.15) is 5.10 Å². The summed E-state index contributed by atoms with van der Waals surface area (Å²) in [4.78, 5) is 7.02. The van der Waals surface area contributed by atoms with E-state index in [9.17, 15) is 0 Å². The van der Waals surface area contributed by atoms with Crippen LogP contribution in [-0.2, 0) is 0 Å². The summed E-state index contributed by atoms with van der Waals surface area (Å²) in [5.74, 6) is 0.789. The predicted molar refractivity (Wildman–Crippen MR) is 89.0 cm³/mol. The Hall–Kier alpha value is -1.72. The summed E-state index contributed by atoms with van der Waals surface area (Å²) in [7, 11) is 0. The van der Waals surface area contributed by atoms with Crippen LogP contribution in [0.3, 0.4) is 0 Å². The second-order valence-electron chi connectivity index (χ2n) is 6.41. The average molecular weight is 310 g/mol. The van der Waals surface area contributed by atoms with Gasteiger partial charge in [-0.15, -0.1) is 11.3 Å². The van der Waals surface area contributed by atoms with Gasteiger partial charge in [-0.1, -0.05) is 12.1 Å². The van der Waals surface area contributed by atoms with Gasteiger partial charge in [-0.25, -0.2) is 4.98 Å². The molecule has 0 amide bonds. The normalized spacial score (nSPS) is 27.5. The highest BCUT2D eigenvalue weighted by Crippen LogP contribution is 2.37. The Balaban J connectivity index is 1.60. The van der Waals surface area contributed by atoms with E-state index >= 15 is 0 Å². The Bertz CT molecular complexity index is 799. The molecule has 5 heteroatoms. The fourth-order valence-electron chi connectivity index (χ4n) is 4.01. The second-order valence-corrected chi connectivity index (χ2v) is 7.30. The van der Waals surface area contributed by atoms with Gasteiger partial charge in [0.15, 0.2) is 0 Å². The van der Waals surface area contributed by atoms with Crippen LogP contribution < -0.4 is 0 Å². The SMILES string of the molecule is c1csc(-c2ccc3cnn([C@H]4CN5CCC4CC5)c3c2)n1. The van der Waals surface area contributed by atoms with Crippen LogP contribution in [0.4, 0.5) is 0 Å². The summed E-state index contributed by atoms with van der Waals surface area (Å²) in [6.07, 6.45) is 6.52. The highest BCUT2D eigenvalue weighted by Gasteiger charge is 2.36. The Morgan fingerprint density at radius 3 is 2.82 bits per heavy atom. The third-order valence-electron chi connectivity index (χ3n) is 5.21. The highest BCUT2D eigenvalue weighted by atomic mass is 32.1. The first-order valence-electron chi connectivity index (χ1n) is 7.98. The van der Waals surface area contributed by atoms with Crippen molar-refractivity contribution in [3.05, 3.63) is 36.0 Å². The Morgan fingerprint density at radius 2 is 2.09 bits per heavy atom. The number of hydrogen-bond donors (Lipinski definition) is 0. The molecule has 3 aromatic rings. The number of nitrogens with zero attached hydrogens (tertiary/aromatic N) is 4. The number of aromatic nitrogens is 3. The van der Waals surface area contributed by atoms with E-state index in [1.807, 2.05) is 17.8 Å². The van der Waals surface area contributed by atoms with Crippen LogP contribution in [0.25, 0.3) is 21.5 Å². The molecule has 5 heterocycles. The Morgan fingerprint density at radius 1 is 1.18 bits per heavy atom. The zero-order valence-corrected chi connectivity index (χ0v) is 13.2. The Labute approximate surface area is 133 Å². The van der Waals surface area contributed by atoms with Crippen molar-refractivity contribution in [2.24, 2.45) is 5.92 Å². The standard InChI is InChI=1S/C17H18N4S/c1-2-14-10-19-21(16-11-20-6-3-12(16)4-7-20)15(14)9-13(1)17-18-5-8-22-17/h1-2,5,8-10,12,16H,3-4,6-7,11H2/t16-/m0/s1. The van der Waals surface area contributed by atoms with Gasteiger partial charge < -0.3 is 4.90 Å². The molecule has 0 radical (unpaired) electrons. The lowest BCUT2D eigenvalue weighted by Gasteiger charge is -2.44. The van der Waals surface area contributed by atoms with Gasteiger partial charge >= 0.3 is 0 Å². The molecule has 2 aromatic heterocycles. The zero-order valence-electron chi connectivity index (χ0n) is 12.4. The summed E-state index contributed by atoms with van der Waals surface area (Å²) in [6, 6.07) is 7.13. The molecule has 1 aromatic carbocycles. The first-order chi connectivity index (χ1) is 10.9. The molecule has 112 valence electrons. The molecule has 0 unspecified atom stereocenters. The minimum absolute atomic E-state index is 0.534. The van der Waals surface area contributed by atoms with Crippen LogP contribution in [0.1, 0.15) is 18.9 Å². The minimum Gasteiger partial charge on any atom is -0.301 e. The van der Waals surface area contributed by atoms with Gasteiger partial charge in [0.05, 0.1) is 17.8 Å². The number of piperidine rings is 3. The van der Waals surface area contributed by atoms with E-state index in [1.54, 1.807) is 11.3 Å². The van der Waals surface area contributed by atoms with Crippen molar-refractivity contribution in [3.8, 4) is 10.6 Å². The molecule has 0 spiro atoms. The van der Waals surface area contributed by atoms with Crippen molar-refractivity contribution in [2.45, 2.75) is 18.9 Å². The molecule has 6 rings (SSSR count). The lowest BCUT2D eigenvalue weighted by atomic mass is 9.84. The van der Waals surface area contributed by atoms with E-state index in [2.05, 4.69) is 32.8 Å². The van der Waals surface area contributed by atoms with E-state index in [4.69, 9.17) is 5.10 Å². The fourth-order valence-corrected chi connectivity index (χ4v) is 4.65. The molecule has 1 atom stereocenters. The van der Waals surface area contributed by atoms with Crippen LogP contribution in [0.15, 0.2) is 36.0 Å². The zero-order chi connectivity index (χ0) is 14.5. The maximum atomic E-state index is 4.73. The van der Waals surface area contributed by atoms with Crippen LogP contribution in [-0.4, -0.2) is 39.3 Å². The summed E-state index contributed by atoms with van der Waals surface area (Å²) < 4.78 is 2.28. The number of fused-ring (bicyclic) bond motifs is 4. The first kappa shape index (κ1) is 12.8. The van der Waals surface area contributed by atoms with Crippen LogP contribution in [0, 0.1) is 5.92 Å². The number of thiazole rings is 1. The molecule has 3 aliphatic rings. The third-order valence-corrected chi connectivity index (χ3v) is 6.04. The van der Waals surface area contributed by atoms with Crippen molar-refractivity contribution in [1.82, 2.24) is 19.7 Å². The molecule has 3 aliphatic heterocycles. The van der Waals surface area contributed by atoms with Crippen molar-refractivity contribution in [1.29, 1.82) is 0 Å². The quantitative estimate of drug-likeness (QED) is 0.727.